The number of hydrogen-bond acceptors (Lipinski definition) is 3. The van der Waals surface area contributed by atoms with Crippen LogP contribution in [0.5, 0.6) is 0 Å². The van der Waals surface area contributed by atoms with Crippen molar-refractivity contribution in [3.05, 3.63) is 47.4 Å². The summed E-state index contributed by atoms with van der Waals surface area (Å²) in [5.74, 6) is 4.55. The van der Waals surface area contributed by atoms with Gasteiger partial charge in [0.2, 0.25) is 0 Å². The van der Waals surface area contributed by atoms with Gasteiger partial charge >= 0.3 is 0 Å². The molecule has 102 valence electrons. The average Bonchev–Trinajstić information content (AvgIpc) is 2.82. The molecule has 5 nitrogen and oxygen atoms in total. The number of aromatic nitrogens is 2. The molecule has 1 aromatic carbocycles. The van der Waals surface area contributed by atoms with Gasteiger partial charge in [0.15, 0.2) is 0 Å². The van der Waals surface area contributed by atoms with Crippen LogP contribution in [0.25, 0.3) is 0 Å². The molecular formula is C14H12FN3O2. The molecule has 2 N–H and O–H groups in total. The van der Waals surface area contributed by atoms with Crippen molar-refractivity contribution in [1.29, 1.82) is 0 Å². The van der Waals surface area contributed by atoms with Crippen molar-refractivity contribution < 1.29 is 14.3 Å². The molecule has 0 saturated carbocycles. The van der Waals surface area contributed by atoms with Crippen LogP contribution in [0, 0.1) is 17.7 Å². The Hall–Kier alpha value is -2.65. The number of aliphatic hydroxyl groups is 1. The first-order valence-corrected chi connectivity index (χ1v) is 5.80. The molecule has 0 spiro atoms. The van der Waals surface area contributed by atoms with Gasteiger partial charge in [0.1, 0.15) is 18.2 Å². The summed E-state index contributed by atoms with van der Waals surface area (Å²) in [6.45, 7) is -0.362. The maximum Gasteiger partial charge on any atom is 0.258 e. The Labute approximate surface area is 115 Å². The lowest BCUT2D eigenvalue weighted by atomic mass is 10.1. The van der Waals surface area contributed by atoms with Gasteiger partial charge in [0.25, 0.3) is 5.91 Å². The quantitative estimate of drug-likeness (QED) is 0.807. The first kappa shape index (κ1) is 13.8. The molecule has 0 radical (unpaired) electrons. The molecule has 0 fully saturated rings. The van der Waals surface area contributed by atoms with E-state index in [2.05, 4.69) is 22.3 Å². The second-order valence-electron chi connectivity index (χ2n) is 3.94. The maximum absolute atomic E-state index is 13.2. The van der Waals surface area contributed by atoms with Crippen LogP contribution >= 0.6 is 0 Å². The summed E-state index contributed by atoms with van der Waals surface area (Å²) >= 11 is 0. The second kappa shape index (κ2) is 5.99. The van der Waals surface area contributed by atoms with Gasteiger partial charge in [0.05, 0.1) is 11.8 Å². The number of rotatable bonds is 2. The third-order valence-electron chi connectivity index (χ3n) is 2.59. The van der Waals surface area contributed by atoms with E-state index in [9.17, 15) is 9.18 Å². The number of carbonyl (C=O) groups is 1. The Balaban J connectivity index is 2.32. The number of anilines is 1. The summed E-state index contributed by atoms with van der Waals surface area (Å²) in [7, 11) is 1.69. The van der Waals surface area contributed by atoms with Crippen molar-refractivity contribution in [2.24, 2.45) is 7.05 Å². The van der Waals surface area contributed by atoms with Gasteiger partial charge in [0, 0.05) is 18.7 Å². The lowest BCUT2D eigenvalue weighted by Gasteiger charge is -2.07. The van der Waals surface area contributed by atoms with E-state index in [1.165, 1.54) is 16.8 Å². The number of hydrogen-bond donors (Lipinski definition) is 2. The van der Waals surface area contributed by atoms with E-state index in [-0.39, 0.29) is 17.7 Å². The number of nitrogens with zero attached hydrogens (tertiary/aromatic N) is 2. The molecule has 20 heavy (non-hydrogen) atoms. The Morgan fingerprint density at radius 1 is 1.50 bits per heavy atom. The summed E-state index contributed by atoms with van der Waals surface area (Å²) in [5, 5.41) is 15.3. The molecule has 6 heteroatoms. The zero-order valence-electron chi connectivity index (χ0n) is 10.7. The van der Waals surface area contributed by atoms with Gasteiger partial charge < -0.3 is 10.4 Å². The standard InChI is InChI=1S/C14H12FN3O2/c1-18-13(6-7-16-18)17-14(20)12-5-4-11(15)9-10(12)3-2-8-19/h4-7,9,19H,8H2,1H3,(H,17,20). The van der Waals surface area contributed by atoms with Crippen LogP contribution in [0.3, 0.4) is 0 Å². The largest absolute Gasteiger partial charge is 0.384 e. The Bertz CT molecular complexity index is 698. The van der Waals surface area contributed by atoms with E-state index in [1.54, 1.807) is 19.3 Å². The monoisotopic (exact) mass is 273 g/mol. The predicted octanol–water partition coefficient (Wildman–Crippen LogP) is 1.16. The van der Waals surface area contributed by atoms with E-state index in [0.29, 0.717) is 5.82 Å². The molecule has 0 aliphatic heterocycles. The number of aliphatic hydroxyl groups excluding tert-OH is 1. The van der Waals surface area contributed by atoms with Crippen LogP contribution in [0.1, 0.15) is 15.9 Å². The molecule has 0 aliphatic rings. The molecule has 1 aromatic heterocycles. The first-order chi connectivity index (χ1) is 9.61. The van der Waals surface area contributed by atoms with Crippen molar-refractivity contribution in [2.45, 2.75) is 0 Å². The van der Waals surface area contributed by atoms with Crippen molar-refractivity contribution in [1.82, 2.24) is 9.78 Å². The minimum absolute atomic E-state index is 0.221. The number of benzene rings is 1. The van der Waals surface area contributed by atoms with Crippen LogP contribution in [-0.2, 0) is 7.05 Å². The highest BCUT2D eigenvalue weighted by Crippen LogP contribution is 2.13. The fourth-order valence-electron chi connectivity index (χ4n) is 1.63. The normalized spacial score (nSPS) is 9.75. The molecule has 0 atom stereocenters. The SMILES string of the molecule is Cn1nccc1NC(=O)c1ccc(F)cc1C#CCO. The van der Waals surface area contributed by atoms with Crippen molar-refractivity contribution in [3.63, 3.8) is 0 Å². The number of carbonyl (C=O) groups excluding carboxylic acids is 1. The minimum atomic E-state index is -0.496. The molecule has 1 heterocycles. The van der Waals surface area contributed by atoms with Crippen LogP contribution in [-0.4, -0.2) is 27.4 Å². The van der Waals surface area contributed by atoms with Crippen molar-refractivity contribution in [3.8, 4) is 11.8 Å². The molecule has 2 rings (SSSR count). The van der Waals surface area contributed by atoms with Crippen LogP contribution in [0.2, 0.25) is 0 Å². The second-order valence-corrected chi connectivity index (χ2v) is 3.94. The lowest BCUT2D eigenvalue weighted by molar-refractivity contribution is 0.102. The van der Waals surface area contributed by atoms with Gasteiger partial charge in [-0.15, -0.1) is 0 Å². The van der Waals surface area contributed by atoms with Crippen LogP contribution in [0.15, 0.2) is 30.5 Å². The molecule has 0 saturated heterocycles. The zero-order valence-corrected chi connectivity index (χ0v) is 10.7. The molecule has 0 bridgehead atoms. The Morgan fingerprint density at radius 2 is 2.30 bits per heavy atom. The highest BCUT2D eigenvalue weighted by atomic mass is 19.1. The van der Waals surface area contributed by atoms with Gasteiger partial charge in [-0.25, -0.2) is 4.39 Å². The number of halogens is 1. The number of nitrogens with one attached hydrogen (secondary N) is 1. The van der Waals surface area contributed by atoms with E-state index < -0.39 is 11.7 Å². The summed E-state index contributed by atoms with van der Waals surface area (Å²) in [6, 6.07) is 5.33. The van der Waals surface area contributed by atoms with E-state index in [4.69, 9.17) is 5.11 Å². The fraction of sp³-hybridized carbons (Fsp3) is 0.143. The molecular weight excluding hydrogens is 261 g/mol. The van der Waals surface area contributed by atoms with Crippen molar-refractivity contribution >= 4 is 11.7 Å². The van der Waals surface area contributed by atoms with E-state index >= 15 is 0 Å². The van der Waals surface area contributed by atoms with Gasteiger partial charge in [-0.2, -0.15) is 5.10 Å². The predicted molar refractivity (Wildman–Crippen MR) is 71.5 cm³/mol. The highest BCUT2D eigenvalue weighted by Gasteiger charge is 2.12. The molecule has 2 aromatic rings. The first-order valence-electron chi connectivity index (χ1n) is 5.80. The van der Waals surface area contributed by atoms with Gasteiger partial charge in [-0.1, -0.05) is 11.8 Å². The highest BCUT2D eigenvalue weighted by molar-refractivity contribution is 6.05. The van der Waals surface area contributed by atoms with Gasteiger partial charge in [-0.3, -0.25) is 9.48 Å². The summed E-state index contributed by atoms with van der Waals surface area (Å²) in [5.41, 5.74) is 0.451. The van der Waals surface area contributed by atoms with Crippen LogP contribution < -0.4 is 5.32 Å². The Kier molecular flexibility index (Phi) is 4.13. The smallest absolute Gasteiger partial charge is 0.258 e. The third-order valence-corrected chi connectivity index (χ3v) is 2.59. The Morgan fingerprint density at radius 3 is 2.95 bits per heavy atom. The topological polar surface area (TPSA) is 67.2 Å². The average molecular weight is 273 g/mol. The third kappa shape index (κ3) is 3.02. The molecule has 0 aliphatic carbocycles. The van der Waals surface area contributed by atoms with E-state index in [0.717, 1.165) is 6.07 Å². The molecule has 0 unspecified atom stereocenters. The zero-order chi connectivity index (χ0) is 14.5. The number of amides is 1. The lowest BCUT2D eigenvalue weighted by Crippen LogP contribution is -2.16. The van der Waals surface area contributed by atoms with E-state index in [1.807, 2.05) is 0 Å². The fourth-order valence-corrected chi connectivity index (χ4v) is 1.63. The summed E-state index contributed by atoms with van der Waals surface area (Å²) in [4.78, 5) is 12.2. The summed E-state index contributed by atoms with van der Waals surface area (Å²) in [6.07, 6.45) is 1.55. The minimum Gasteiger partial charge on any atom is -0.384 e. The summed E-state index contributed by atoms with van der Waals surface area (Å²) < 4.78 is 14.7. The maximum atomic E-state index is 13.2. The van der Waals surface area contributed by atoms with Crippen molar-refractivity contribution in [2.75, 3.05) is 11.9 Å². The van der Waals surface area contributed by atoms with Crippen LogP contribution in [0.4, 0.5) is 10.2 Å². The molecule has 1 amide bonds. The number of aryl methyl sites for hydroxylation is 1. The van der Waals surface area contributed by atoms with Gasteiger partial charge in [-0.05, 0) is 18.2 Å².